The Bertz CT molecular complexity index is 163. The molecule has 0 aliphatic rings. The SMILES string of the molecule is CC(=O)O.O=S(=O)(O)O.[Ag].[Cu]. The van der Waals surface area contributed by atoms with Crippen molar-refractivity contribution in [3.63, 3.8) is 0 Å². The van der Waals surface area contributed by atoms with Gasteiger partial charge in [-0.3, -0.25) is 13.9 Å². The van der Waals surface area contributed by atoms with E-state index >= 15 is 0 Å². The van der Waals surface area contributed by atoms with Crippen molar-refractivity contribution >= 4 is 16.4 Å². The Hall–Kier alpha value is 0.600. The van der Waals surface area contributed by atoms with Gasteiger partial charge in [0.25, 0.3) is 5.97 Å². The summed E-state index contributed by atoms with van der Waals surface area (Å²) in [7, 11) is -4.67. The maximum Gasteiger partial charge on any atom is 0.394 e. The molecule has 11 heavy (non-hydrogen) atoms. The van der Waals surface area contributed by atoms with Gasteiger partial charge in [0.1, 0.15) is 0 Å². The fraction of sp³-hybridized carbons (Fsp3) is 0.500. The standard InChI is InChI=1S/C2H4O2.Ag.Cu.H2O4S/c1-2(3)4;;;1-5(2,3)4/h1H3,(H,3,4);;;(H2,1,2,3,4). The molecule has 0 aromatic carbocycles. The van der Waals surface area contributed by atoms with E-state index in [1.165, 1.54) is 0 Å². The van der Waals surface area contributed by atoms with E-state index in [0.29, 0.717) is 0 Å². The van der Waals surface area contributed by atoms with Crippen molar-refractivity contribution in [2.45, 2.75) is 6.92 Å². The molecule has 6 nitrogen and oxygen atoms in total. The van der Waals surface area contributed by atoms with Crippen molar-refractivity contribution in [3.05, 3.63) is 0 Å². The van der Waals surface area contributed by atoms with Crippen molar-refractivity contribution in [1.29, 1.82) is 0 Å². The van der Waals surface area contributed by atoms with Crippen LogP contribution >= 0.6 is 0 Å². The Morgan fingerprint density at radius 1 is 1.27 bits per heavy atom. The minimum Gasteiger partial charge on any atom is -0.481 e. The van der Waals surface area contributed by atoms with Crippen LogP contribution in [0.3, 0.4) is 0 Å². The van der Waals surface area contributed by atoms with Crippen LogP contribution in [0.25, 0.3) is 0 Å². The van der Waals surface area contributed by atoms with E-state index in [1.54, 1.807) is 0 Å². The van der Waals surface area contributed by atoms with Gasteiger partial charge < -0.3 is 5.11 Å². The molecule has 0 unspecified atom stereocenters. The van der Waals surface area contributed by atoms with Crippen LogP contribution in [-0.2, 0) is 54.6 Å². The van der Waals surface area contributed by atoms with Crippen molar-refractivity contribution in [2.75, 3.05) is 0 Å². The molecule has 78 valence electrons. The van der Waals surface area contributed by atoms with Crippen molar-refractivity contribution in [1.82, 2.24) is 0 Å². The molecule has 0 spiro atoms. The van der Waals surface area contributed by atoms with Crippen LogP contribution in [0.15, 0.2) is 0 Å². The van der Waals surface area contributed by atoms with Crippen LogP contribution in [0.5, 0.6) is 0 Å². The zero-order valence-corrected chi connectivity index (χ0v) is 8.32. The summed E-state index contributed by atoms with van der Waals surface area (Å²) in [5, 5.41) is 7.42. The molecule has 3 N–H and O–H groups in total. The summed E-state index contributed by atoms with van der Waals surface area (Å²) in [5.74, 6) is -0.833. The van der Waals surface area contributed by atoms with Gasteiger partial charge in [-0.15, -0.1) is 0 Å². The minimum atomic E-state index is -4.67. The largest absolute Gasteiger partial charge is 0.481 e. The predicted octanol–water partition coefficient (Wildman–Crippen LogP) is -0.567. The van der Waals surface area contributed by atoms with Crippen molar-refractivity contribution in [2.24, 2.45) is 0 Å². The topological polar surface area (TPSA) is 112 Å². The molecule has 0 aromatic rings. The summed E-state index contributed by atoms with van der Waals surface area (Å²) in [5.41, 5.74) is 0. The van der Waals surface area contributed by atoms with Gasteiger partial charge in [0.15, 0.2) is 0 Å². The van der Waals surface area contributed by atoms with Crippen LogP contribution in [0, 0.1) is 0 Å². The summed E-state index contributed by atoms with van der Waals surface area (Å²) in [6, 6.07) is 0. The van der Waals surface area contributed by atoms with E-state index in [9.17, 15) is 0 Å². The molecule has 0 bridgehead atoms. The molecule has 0 rings (SSSR count). The third kappa shape index (κ3) is 2180. The maximum atomic E-state index is 9.00. The van der Waals surface area contributed by atoms with Crippen LogP contribution < -0.4 is 0 Å². The molecular formula is C2H6AgCuO6S. The average molecular weight is 330 g/mol. The summed E-state index contributed by atoms with van der Waals surface area (Å²) in [6.07, 6.45) is 0. The second kappa shape index (κ2) is 10.6. The third-order valence-electron chi connectivity index (χ3n) is 0. The van der Waals surface area contributed by atoms with Gasteiger partial charge in [0.05, 0.1) is 0 Å². The molecule has 0 fully saturated rings. The Morgan fingerprint density at radius 2 is 1.27 bits per heavy atom. The van der Waals surface area contributed by atoms with Crippen molar-refractivity contribution in [3.8, 4) is 0 Å². The fourth-order valence-corrected chi connectivity index (χ4v) is 0. The Kier molecular flexibility index (Phi) is 21.7. The smallest absolute Gasteiger partial charge is 0.394 e. The number of aliphatic carboxylic acids is 1. The molecule has 0 saturated carbocycles. The first-order valence-electron chi connectivity index (χ1n) is 1.63. The molecule has 2 radical (unpaired) electrons. The van der Waals surface area contributed by atoms with Gasteiger partial charge in [0.2, 0.25) is 0 Å². The summed E-state index contributed by atoms with van der Waals surface area (Å²) >= 11 is 0. The van der Waals surface area contributed by atoms with Crippen LogP contribution in [0.2, 0.25) is 0 Å². The number of carbonyl (C=O) groups is 1. The van der Waals surface area contributed by atoms with Gasteiger partial charge in [0, 0.05) is 46.4 Å². The van der Waals surface area contributed by atoms with Gasteiger partial charge in [-0.05, 0) is 0 Å². The van der Waals surface area contributed by atoms with Crippen LogP contribution in [0.1, 0.15) is 6.92 Å². The third-order valence-corrected chi connectivity index (χ3v) is 0. The molecule has 9 heteroatoms. The van der Waals surface area contributed by atoms with Gasteiger partial charge in [-0.25, -0.2) is 0 Å². The normalized spacial score (nSPS) is 7.55. The first kappa shape index (κ1) is 22.6. The molecule has 0 aliphatic heterocycles. The number of hydrogen-bond donors (Lipinski definition) is 3. The Morgan fingerprint density at radius 3 is 1.27 bits per heavy atom. The average Bonchev–Trinajstić information content (AvgIpc) is 1.19. The number of carboxylic acids is 1. The summed E-state index contributed by atoms with van der Waals surface area (Å²) < 4.78 is 31.6. The minimum absolute atomic E-state index is 0. The molecular weight excluding hydrogens is 323 g/mol. The summed E-state index contributed by atoms with van der Waals surface area (Å²) in [4.78, 5) is 9.00. The number of carboxylic acid groups (broad SMARTS) is 1. The van der Waals surface area contributed by atoms with Crippen LogP contribution in [0.4, 0.5) is 0 Å². The maximum absolute atomic E-state index is 9.00. The fourth-order valence-electron chi connectivity index (χ4n) is 0. The zero-order chi connectivity index (χ0) is 8.08. The van der Waals surface area contributed by atoms with Gasteiger partial charge in [-0.1, -0.05) is 0 Å². The number of rotatable bonds is 0. The van der Waals surface area contributed by atoms with Gasteiger partial charge >= 0.3 is 10.4 Å². The first-order chi connectivity index (χ1) is 3.73. The van der Waals surface area contributed by atoms with Crippen LogP contribution in [-0.4, -0.2) is 28.6 Å². The second-order valence-corrected chi connectivity index (χ2v) is 1.86. The van der Waals surface area contributed by atoms with E-state index in [1.807, 2.05) is 0 Å². The van der Waals surface area contributed by atoms with E-state index in [4.69, 9.17) is 27.4 Å². The summed E-state index contributed by atoms with van der Waals surface area (Å²) in [6.45, 7) is 1.08. The number of hydrogen-bond acceptors (Lipinski definition) is 3. The molecule has 0 aliphatic carbocycles. The zero-order valence-electron chi connectivity index (χ0n) is 5.08. The molecule has 0 heterocycles. The first-order valence-corrected chi connectivity index (χ1v) is 3.02. The second-order valence-electron chi connectivity index (χ2n) is 0.967. The molecule has 0 atom stereocenters. The molecule has 0 amide bonds. The quantitative estimate of drug-likeness (QED) is 0.405. The Balaban J connectivity index is -0.0000000383. The molecule has 0 saturated heterocycles. The Labute approximate surface area is 89.9 Å². The van der Waals surface area contributed by atoms with Crippen molar-refractivity contribution < 1.29 is 66.9 Å². The van der Waals surface area contributed by atoms with E-state index < -0.39 is 16.4 Å². The monoisotopic (exact) mass is 328 g/mol. The van der Waals surface area contributed by atoms with Gasteiger partial charge in [-0.2, -0.15) is 8.42 Å². The van der Waals surface area contributed by atoms with E-state index in [-0.39, 0.29) is 39.4 Å². The predicted molar refractivity (Wildman–Crippen MR) is 27.5 cm³/mol. The van der Waals surface area contributed by atoms with E-state index in [0.717, 1.165) is 6.92 Å². The molecule has 0 aromatic heterocycles. The van der Waals surface area contributed by atoms with E-state index in [2.05, 4.69) is 0 Å².